The first-order valence-corrected chi connectivity index (χ1v) is 7.25. The van der Waals surface area contributed by atoms with E-state index in [4.69, 9.17) is 4.74 Å². The van der Waals surface area contributed by atoms with Gasteiger partial charge in [0.15, 0.2) is 0 Å². The highest BCUT2D eigenvalue weighted by atomic mass is 79.9. The molecule has 2 aromatic rings. The van der Waals surface area contributed by atoms with E-state index in [2.05, 4.69) is 37.3 Å². The van der Waals surface area contributed by atoms with Gasteiger partial charge in [0.25, 0.3) is 0 Å². The molecular formula is C12H14BrN3OS. The molecule has 18 heavy (non-hydrogen) atoms. The van der Waals surface area contributed by atoms with Crippen LogP contribution in [0.3, 0.4) is 0 Å². The normalized spacial score (nSPS) is 10.4. The number of halogens is 1. The quantitative estimate of drug-likeness (QED) is 0.911. The molecule has 0 aromatic carbocycles. The van der Waals surface area contributed by atoms with E-state index in [1.807, 2.05) is 26.0 Å². The van der Waals surface area contributed by atoms with Crippen LogP contribution < -0.4 is 10.1 Å². The second-order valence-electron chi connectivity index (χ2n) is 3.63. The maximum atomic E-state index is 5.39. The van der Waals surface area contributed by atoms with Crippen molar-refractivity contribution in [1.82, 2.24) is 9.97 Å². The molecule has 0 saturated heterocycles. The summed E-state index contributed by atoms with van der Waals surface area (Å²) >= 11 is 5.15. The summed E-state index contributed by atoms with van der Waals surface area (Å²) < 4.78 is 6.52. The first kappa shape index (κ1) is 13.3. The van der Waals surface area contributed by atoms with Crippen LogP contribution in [0.2, 0.25) is 0 Å². The topological polar surface area (TPSA) is 47.0 Å². The molecule has 0 unspecified atom stereocenters. The van der Waals surface area contributed by atoms with Crippen molar-refractivity contribution < 1.29 is 4.74 Å². The van der Waals surface area contributed by atoms with Crippen molar-refractivity contribution in [3.8, 4) is 5.88 Å². The molecule has 2 heterocycles. The van der Waals surface area contributed by atoms with Gasteiger partial charge < -0.3 is 10.1 Å². The van der Waals surface area contributed by atoms with Crippen molar-refractivity contribution >= 4 is 33.1 Å². The second-order valence-corrected chi connectivity index (χ2v) is 6.18. The maximum Gasteiger partial charge on any atom is 0.218 e. The van der Waals surface area contributed by atoms with Crippen LogP contribution in [0.1, 0.15) is 17.6 Å². The lowest BCUT2D eigenvalue weighted by molar-refractivity contribution is 0.325. The van der Waals surface area contributed by atoms with E-state index in [9.17, 15) is 0 Å². The second kappa shape index (κ2) is 6.15. The van der Waals surface area contributed by atoms with E-state index in [0.717, 1.165) is 16.1 Å². The summed E-state index contributed by atoms with van der Waals surface area (Å²) in [4.78, 5) is 9.78. The minimum Gasteiger partial charge on any atom is -0.478 e. The third kappa shape index (κ3) is 3.68. The van der Waals surface area contributed by atoms with Crippen LogP contribution in [0.25, 0.3) is 0 Å². The Bertz CT molecular complexity index is 530. The summed E-state index contributed by atoms with van der Waals surface area (Å²) in [7, 11) is 0. The molecule has 2 aromatic heterocycles. The Hall–Kier alpha value is -1.14. The lowest BCUT2D eigenvalue weighted by atomic mass is 10.4. The smallest absolute Gasteiger partial charge is 0.218 e. The van der Waals surface area contributed by atoms with Crippen LogP contribution in [-0.4, -0.2) is 16.6 Å². The van der Waals surface area contributed by atoms with Gasteiger partial charge in [-0.3, -0.25) is 0 Å². The number of nitrogens with one attached hydrogen (secondary N) is 1. The highest BCUT2D eigenvalue weighted by Gasteiger charge is 2.03. The molecular weight excluding hydrogens is 314 g/mol. The molecule has 1 N–H and O–H groups in total. The molecule has 0 aliphatic rings. The molecule has 0 aliphatic heterocycles. The Kier molecular flexibility index (Phi) is 4.54. The van der Waals surface area contributed by atoms with Gasteiger partial charge >= 0.3 is 0 Å². The predicted octanol–water partition coefficient (Wildman–Crippen LogP) is 3.62. The van der Waals surface area contributed by atoms with Crippen LogP contribution >= 0.6 is 27.3 Å². The highest BCUT2D eigenvalue weighted by molar-refractivity contribution is 9.11. The number of ether oxygens (including phenoxy) is 1. The molecule has 6 heteroatoms. The average Bonchev–Trinajstić information content (AvgIpc) is 2.72. The van der Waals surface area contributed by atoms with Crippen molar-refractivity contribution in [3.63, 3.8) is 0 Å². The monoisotopic (exact) mass is 327 g/mol. The fourth-order valence-corrected chi connectivity index (χ4v) is 2.90. The summed E-state index contributed by atoms with van der Waals surface area (Å²) in [6.45, 7) is 5.15. The molecule has 2 rings (SSSR count). The van der Waals surface area contributed by atoms with E-state index in [1.54, 1.807) is 11.3 Å². The predicted molar refractivity (Wildman–Crippen MR) is 77.3 cm³/mol. The largest absolute Gasteiger partial charge is 0.478 e. The summed E-state index contributed by atoms with van der Waals surface area (Å²) in [6.07, 6.45) is 0. The van der Waals surface area contributed by atoms with E-state index in [1.165, 1.54) is 4.88 Å². The molecule has 0 atom stereocenters. The zero-order chi connectivity index (χ0) is 13.0. The van der Waals surface area contributed by atoms with Crippen LogP contribution in [-0.2, 0) is 6.54 Å². The lowest BCUT2D eigenvalue weighted by Gasteiger charge is -2.07. The third-order valence-corrected chi connectivity index (χ3v) is 3.80. The summed E-state index contributed by atoms with van der Waals surface area (Å²) in [5.74, 6) is 2.10. The number of thiophene rings is 1. The molecule has 4 nitrogen and oxygen atoms in total. The molecule has 0 fully saturated rings. The first-order chi connectivity index (χ1) is 8.67. The van der Waals surface area contributed by atoms with Gasteiger partial charge in [-0.05, 0) is 41.9 Å². The average molecular weight is 328 g/mol. The lowest BCUT2D eigenvalue weighted by Crippen LogP contribution is -2.04. The molecule has 0 amide bonds. The number of nitrogens with zero attached hydrogens (tertiary/aromatic N) is 2. The number of anilines is 1. The van der Waals surface area contributed by atoms with Crippen LogP contribution in [0.15, 0.2) is 22.0 Å². The zero-order valence-electron chi connectivity index (χ0n) is 10.2. The van der Waals surface area contributed by atoms with Gasteiger partial charge in [-0.2, -0.15) is 4.98 Å². The summed E-state index contributed by atoms with van der Waals surface area (Å²) in [5.41, 5.74) is 0. The number of rotatable bonds is 5. The van der Waals surface area contributed by atoms with Crippen molar-refractivity contribution in [1.29, 1.82) is 0 Å². The standard InChI is InChI=1S/C12H14BrN3OS/c1-3-17-12-6-11(15-8(2)16-12)14-7-9-4-5-10(13)18-9/h4-6H,3,7H2,1-2H3,(H,14,15,16). The zero-order valence-corrected chi connectivity index (χ0v) is 12.6. The van der Waals surface area contributed by atoms with E-state index < -0.39 is 0 Å². The van der Waals surface area contributed by atoms with Crippen molar-refractivity contribution in [3.05, 3.63) is 32.7 Å². The summed E-state index contributed by atoms with van der Waals surface area (Å²) in [6, 6.07) is 5.94. The maximum absolute atomic E-state index is 5.39. The van der Waals surface area contributed by atoms with E-state index in [-0.39, 0.29) is 0 Å². The van der Waals surface area contributed by atoms with Crippen molar-refractivity contribution in [2.24, 2.45) is 0 Å². The van der Waals surface area contributed by atoms with Crippen LogP contribution in [0, 0.1) is 6.92 Å². The Morgan fingerprint density at radius 3 is 2.89 bits per heavy atom. The molecule has 0 radical (unpaired) electrons. The number of hydrogen-bond donors (Lipinski definition) is 1. The Balaban J connectivity index is 2.04. The van der Waals surface area contributed by atoms with E-state index >= 15 is 0 Å². The number of aryl methyl sites for hydroxylation is 1. The van der Waals surface area contributed by atoms with Gasteiger partial charge in [-0.25, -0.2) is 4.98 Å². The number of hydrogen-bond acceptors (Lipinski definition) is 5. The summed E-state index contributed by atoms with van der Waals surface area (Å²) in [5, 5.41) is 3.27. The molecule has 0 aliphatic carbocycles. The number of aromatic nitrogens is 2. The van der Waals surface area contributed by atoms with Gasteiger partial charge in [0, 0.05) is 10.9 Å². The van der Waals surface area contributed by atoms with E-state index in [0.29, 0.717) is 18.3 Å². The van der Waals surface area contributed by atoms with Gasteiger partial charge in [0.05, 0.1) is 16.9 Å². The van der Waals surface area contributed by atoms with Gasteiger partial charge in [-0.15, -0.1) is 11.3 Å². The Morgan fingerprint density at radius 2 is 2.22 bits per heavy atom. The van der Waals surface area contributed by atoms with Gasteiger partial charge in [0.2, 0.25) is 5.88 Å². The van der Waals surface area contributed by atoms with Crippen molar-refractivity contribution in [2.45, 2.75) is 20.4 Å². The first-order valence-electron chi connectivity index (χ1n) is 5.64. The SMILES string of the molecule is CCOc1cc(NCc2ccc(Br)s2)nc(C)n1. The molecule has 96 valence electrons. The molecule has 0 bridgehead atoms. The third-order valence-electron chi connectivity index (χ3n) is 2.18. The molecule has 0 spiro atoms. The van der Waals surface area contributed by atoms with Crippen LogP contribution in [0.4, 0.5) is 5.82 Å². The fourth-order valence-electron chi connectivity index (χ4n) is 1.48. The van der Waals surface area contributed by atoms with Gasteiger partial charge in [-0.1, -0.05) is 0 Å². The Labute approximate surface area is 119 Å². The minimum absolute atomic E-state index is 0.605. The van der Waals surface area contributed by atoms with Crippen molar-refractivity contribution in [2.75, 3.05) is 11.9 Å². The van der Waals surface area contributed by atoms with Gasteiger partial charge in [0.1, 0.15) is 11.6 Å². The minimum atomic E-state index is 0.605. The van der Waals surface area contributed by atoms with Crippen LogP contribution in [0.5, 0.6) is 5.88 Å². The fraction of sp³-hybridized carbons (Fsp3) is 0.333. The highest BCUT2D eigenvalue weighted by Crippen LogP contribution is 2.23. The molecule has 0 saturated carbocycles. The Morgan fingerprint density at radius 1 is 1.39 bits per heavy atom.